The van der Waals surface area contributed by atoms with Gasteiger partial charge in [-0.15, -0.1) is 0 Å². The number of imidazole rings is 1. The lowest BCUT2D eigenvalue weighted by atomic mass is 10.3. The van der Waals surface area contributed by atoms with Gasteiger partial charge in [0.05, 0.1) is 6.42 Å². The van der Waals surface area contributed by atoms with Crippen LogP contribution in [0.5, 0.6) is 0 Å². The summed E-state index contributed by atoms with van der Waals surface area (Å²) < 4.78 is 6.19. The van der Waals surface area contributed by atoms with E-state index in [2.05, 4.69) is 15.0 Å². The van der Waals surface area contributed by atoms with Crippen LogP contribution < -0.4 is 11.2 Å². The van der Waals surface area contributed by atoms with Crippen molar-refractivity contribution in [2.45, 2.75) is 19.8 Å². The Labute approximate surface area is 119 Å². The van der Waals surface area contributed by atoms with Crippen molar-refractivity contribution < 1.29 is 9.53 Å². The van der Waals surface area contributed by atoms with E-state index in [-0.39, 0.29) is 30.2 Å². The lowest BCUT2D eigenvalue weighted by molar-refractivity contribution is -0.142. The van der Waals surface area contributed by atoms with Gasteiger partial charge in [0.15, 0.2) is 5.65 Å². The minimum Gasteiger partial charge on any atom is -0.461 e. The Morgan fingerprint density at radius 2 is 2.14 bits per heavy atom. The number of hydrogen-bond donors (Lipinski definition) is 2. The lowest BCUT2D eigenvalue weighted by Gasteiger charge is -1.99. The van der Waals surface area contributed by atoms with E-state index >= 15 is 0 Å². The average Bonchev–Trinajstić information content (AvgIpc) is 2.88. The minimum absolute atomic E-state index is 0.142. The Morgan fingerprint density at radius 1 is 1.38 bits per heavy atom. The highest BCUT2D eigenvalue weighted by atomic mass is 16.5. The first-order valence-corrected chi connectivity index (χ1v) is 6.47. The number of aryl methyl sites for hydroxylation is 2. The number of ether oxygens (including phenoxy) is 1. The van der Waals surface area contributed by atoms with E-state index < -0.39 is 11.2 Å². The van der Waals surface area contributed by atoms with Crippen LogP contribution >= 0.6 is 0 Å². The first-order chi connectivity index (χ1) is 10.0. The second-order valence-corrected chi connectivity index (χ2v) is 4.45. The van der Waals surface area contributed by atoms with Gasteiger partial charge in [0.2, 0.25) is 0 Å². The molecule has 21 heavy (non-hydrogen) atoms. The predicted molar refractivity (Wildman–Crippen MR) is 76.0 cm³/mol. The summed E-state index contributed by atoms with van der Waals surface area (Å²) in [4.78, 5) is 43.7. The highest BCUT2D eigenvalue weighted by molar-refractivity contribution is 5.71. The number of nitrogens with one attached hydrogen (secondary N) is 2. The molecule has 0 spiro atoms. The Morgan fingerprint density at radius 3 is 2.86 bits per heavy atom. The number of fused-ring (bicyclic) bond motifs is 1. The minimum atomic E-state index is -0.531. The summed E-state index contributed by atoms with van der Waals surface area (Å²) in [6, 6.07) is 0. The number of rotatable bonds is 5. The van der Waals surface area contributed by atoms with E-state index in [9.17, 15) is 14.4 Å². The average molecular weight is 292 g/mol. The fraction of sp³-hybridized carbons (Fsp3) is 0.385. The largest absolute Gasteiger partial charge is 0.461 e. The molecule has 2 N–H and O–H groups in total. The van der Waals surface area contributed by atoms with Gasteiger partial charge in [-0.25, -0.2) is 9.78 Å². The van der Waals surface area contributed by atoms with E-state index in [1.807, 2.05) is 6.92 Å². The SMILES string of the molecule is CC=CCOC(=O)CCc1nc2c([nH]1)c(=O)[nH]c(=O)n2C. The van der Waals surface area contributed by atoms with Crippen LogP contribution in [0.25, 0.3) is 11.2 Å². The van der Waals surface area contributed by atoms with Gasteiger partial charge in [-0.05, 0) is 6.92 Å². The smallest absolute Gasteiger partial charge is 0.329 e. The van der Waals surface area contributed by atoms with Crippen molar-refractivity contribution in [3.8, 4) is 0 Å². The van der Waals surface area contributed by atoms with Gasteiger partial charge in [-0.1, -0.05) is 12.2 Å². The Balaban J connectivity index is 2.12. The monoisotopic (exact) mass is 292 g/mol. The third-order valence-corrected chi connectivity index (χ3v) is 2.95. The number of nitrogens with zero attached hydrogens (tertiary/aromatic N) is 2. The van der Waals surface area contributed by atoms with Crippen molar-refractivity contribution in [2.75, 3.05) is 6.61 Å². The molecule has 2 aromatic heterocycles. The van der Waals surface area contributed by atoms with Crippen LogP contribution in [-0.4, -0.2) is 32.1 Å². The highest BCUT2D eigenvalue weighted by Gasteiger charge is 2.12. The van der Waals surface area contributed by atoms with E-state index in [1.165, 1.54) is 11.6 Å². The Hall–Kier alpha value is -2.64. The maximum absolute atomic E-state index is 11.6. The molecule has 0 radical (unpaired) electrons. The standard InChI is InChI=1S/C13H16N4O4/c1-3-4-7-21-9(18)6-5-8-14-10-11(15-8)17(2)13(20)16-12(10)19/h3-4H,5-7H2,1-2H3,(H,14,15)(H,16,19,20). The number of carbonyl (C=O) groups excluding carboxylic acids is 1. The van der Waals surface area contributed by atoms with Crippen LogP contribution in [0.1, 0.15) is 19.2 Å². The molecule has 0 fully saturated rings. The van der Waals surface area contributed by atoms with E-state index in [4.69, 9.17) is 4.74 Å². The van der Waals surface area contributed by atoms with E-state index in [0.29, 0.717) is 12.2 Å². The number of H-pyrrole nitrogens is 2. The Bertz CT molecular complexity index is 797. The van der Waals surface area contributed by atoms with Gasteiger partial charge in [0, 0.05) is 13.5 Å². The maximum atomic E-state index is 11.6. The molecule has 0 aliphatic rings. The molecule has 2 aromatic rings. The first kappa shape index (κ1) is 14.8. The second-order valence-electron chi connectivity index (χ2n) is 4.45. The molecule has 0 unspecified atom stereocenters. The number of aromatic nitrogens is 4. The predicted octanol–water partition coefficient (Wildman–Crippen LogP) is 0.00180. The number of esters is 1. The molecule has 0 aliphatic carbocycles. The molecule has 8 nitrogen and oxygen atoms in total. The first-order valence-electron chi connectivity index (χ1n) is 6.47. The zero-order valence-electron chi connectivity index (χ0n) is 11.8. The van der Waals surface area contributed by atoms with E-state index in [1.54, 1.807) is 12.2 Å². The van der Waals surface area contributed by atoms with Crippen molar-refractivity contribution in [1.29, 1.82) is 0 Å². The third-order valence-electron chi connectivity index (χ3n) is 2.95. The van der Waals surface area contributed by atoms with Crippen molar-refractivity contribution in [1.82, 2.24) is 19.5 Å². The topological polar surface area (TPSA) is 110 Å². The van der Waals surface area contributed by atoms with Gasteiger partial charge < -0.3 is 9.72 Å². The maximum Gasteiger partial charge on any atom is 0.329 e. The van der Waals surface area contributed by atoms with Gasteiger partial charge in [0.25, 0.3) is 5.56 Å². The molecule has 0 saturated carbocycles. The molecule has 0 aliphatic heterocycles. The molecule has 2 heterocycles. The molecule has 0 aromatic carbocycles. The van der Waals surface area contributed by atoms with Crippen molar-refractivity contribution in [3.63, 3.8) is 0 Å². The van der Waals surface area contributed by atoms with Gasteiger partial charge in [0.1, 0.15) is 17.9 Å². The van der Waals surface area contributed by atoms with Gasteiger partial charge in [-0.3, -0.25) is 19.1 Å². The summed E-state index contributed by atoms with van der Waals surface area (Å²) in [6.45, 7) is 2.08. The number of aromatic amines is 2. The molecule has 112 valence electrons. The summed E-state index contributed by atoms with van der Waals surface area (Å²) in [5, 5.41) is 0. The van der Waals surface area contributed by atoms with Gasteiger partial charge >= 0.3 is 11.7 Å². The molecule has 8 heteroatoms. The fourth-order valence-electron chi connectivity index (χ4n) is 1.80. The van der Waals surface area contributed by atoms with Crippen LogP contribution in [-0.2, 0) is 23.0 Å². The summed E-state index contributed by atoms with van der Waals surface area (Å²) in [5.41, 5.74) is -0.575. The van der Waals surface area contributed by atoms with Crippen LogP contribution in [0.4, 0.5) is 0 Å². The third kappa shape index (κ3) is 3.28. The summed E-state index contributed by atoms with van der Waals surface area (Å²) in [5.74, 6) is 0.107. The quantitative estimate of drug-likeness (QED) is 0.595. The molecule has 0 atom stereocenters. The summed E-state index contributed by atoms with van der Waals surface area (Å²) >= 11 is 0. The number of hydrogen-bond acceptors (Lipinski definition) is 5. The number of allylic oxidation sites excluding steroid dienone is 1. The van der Waals surface area contributed by atoms with Gasteiger partial charge in [-0.2, -0.15) is 0 Å². The Kier molecular flexibility index (Phi) is 4.36. The molecule has 0 saturated heterocycles. The summed E-state index contributed by atoms with van der Waals surface area (Å²) in [7, 11) is 1.51. The van der Waals surface area contributed by atoms with Crippen LogP contribution in [0.3, 0.4) is 0 Å². The molecular formula is C13H16N4O4. The second kappa shape index (κ2) is 6.21. The lowest BCUT2D eigenvalue weighted by Crippen LogP contribution is -2.28. The summed E-state index contributed by atoms with van der Waals surface area (Å²) in [6.07, 6.45) is 3.97. The zero-order chi connectivity index (χ0) is 15.4. The van der Waals surface area contributed by atoms with Crippen molar-refractivity contribution in [3.05, 3.63) is 38.8 Å². The molecule has 2 rings (SSSR count). The van der Waals surface area contributed by atoms with Crippen LogP contribution in [0, 0.1) is 0 Å². The van der Waals surface area contributed by atoms with Crippen LogP contribution in [0.15, 0.2) is 21.7 Å². The fourth-order valence-corrected chi connectivity index (χ4v) is 1.80. The molecule has 0 bridgehead atoms. The highest BCUT2D eigenvalue weighted by Crippen LogP contribution is 2.06. The van der Waals surface area contributed by atoms with Crippen molar-refractivity contribution >= 4 is 17.1 Å². The molecular weight excluding hydrogens is 276 g/mol. The van der Waals surface area contributed by atoms with E-state index in [0.717, 1.165) is 0 Å². The van der Waals surface area contributed by atoms with Crippen LogP contribution in [0.2, 0.25) is 0 Å². The van der Waals surface area contributed by atoms with Crippen molar-refractivity contribution in [2.24, 2.45) is 7.05 Å². The normalized spacial score (nSPS) is 11.3. The molecule has 0 amide bonds. The number of carbonyl (C=O) groups is 1. The zero-order valence-corrected chi connectivity index (χ0v) is 11.8.